The molecule has 0 radical (unpaired) electrons. The molecule has 0 aliphatic carbocycles. The van der Waals surface area contributed by atoms with Gasteiger partial charge in [-0.15, -0.1) is 0 Å². The summed E-state index contributed by atoms with van der Waals surface area (Å²) >= 11 is 0. The molecule has 0 bridgehead atoms. The normalized spacial score (nSPS) is 13.8. The van der Waals surface area contributed by atoms with Gasteiger partial charge in [-0.2, -0.15) is 0 Å². The van der Waals surface area contributed by atoms with Crippen LogP contribution in [0.3, 0.4) is 0 Å². The fraction of sp³-hybridized carbons (Fsp3) is 0.353. The van der Waals surface area contributed by atoms with Gasteiger partial charge in [0.15, 0.2) is 11.5 Å². The Balaban J connectivity index is 2.13. The van der Waals surface area contributed by atoms with Crippen molar-refractivity contribution in [1.29, 1.82) is 0 Å². The van der Waals surface area contributed by atoms with Crippen LogP contribution >= 0.6 is 0 Å². The molecule has 0 saturated carbocycles. The third-order valence-corrected chi connectivity index (χ3v) is 3.24. The van der Waals surface area contributed by atoms with Gasteiger partial charge in [-0.3, -0.25) is 4.79 Å². The van der Waals surface area contributed by atoms with Crippen molar-refractivity contribution in [1.82, 2.24) is 4.90 Å². The quantitative estimate of drug-likeness (QED) is 0.617. The number of rotatable bonds is 5. The number of carbonyl (C=O) groups is 1. The van der Waals surface area contributed by atoms with Crippen LogP contribution in [-0.2, 0) is 11.3 Å². The maximum Gasteiger partial charge on any atom is 0.246 e. The van der Waals surface area contributed by atoms with Crippen LogP contribution in [0, 0.1) is 0 Å². The number of amides is 1. The lowest BCUT2D eigenvalue weighted by Crippen LogP contribution is -2.29. The summed E-state index contributed by atoms with van der Waals surface area (Å²) < 4.78 is 11.3. The number of likely N-dealkylation sites (N-methyl/N-ethyl adjacent to an activating group) is 1. The molecule has 0 aromatic heterocycles. The highest BCUT2D eigenvalue weighted by Gasteiger charge is 2.18. The van der Waals surface area contributed by atoms with E-state index in [4.69, 9.17) is 9.47 Å². The lowest BCUT2D eigenvalue weighted by Gasteiger charge is -2.24. The summed E-state index contributed by atoms with van der Waals surface area (Å²) in [5.74, 6) is 1.50. The minimum absolute atomic E-state index is 0.00932. The van der Waals surface area contributed by atoms with Crippen LogP contribution in [0.2, 0.25) is 0 Å². The zero-order valence-corrected chi connectivity index (χ0v) is 12.5. The highest BCUT2D eigenvalue weighted by molar-refractivity contribution is 5.87. The van der Waals surface area contributed by atoms with Crippen molar-refractivity contribution in [2.24, 2.45) is 0 Å². The number of hydrogen-bond donors (Lipinski definition) is 0. The van der Waals surface area contributed by atoms with E-state index in [1.165, 1.54) is 0 Å². The van der Waals surface area contributed by atoms with Crippen molar-refractivity contribution in [3.8, 4) is 11.5 Å². The van der Waals surface area contributed by atoms with Crippen LogP contribution in [0.15, 0.2) is 42.5 Å². The molecule has 4 nitrogen and oxygen atoms in total. The first-order chi connectivity index (χ1) is 10.3. The summed E-state index contributed by atoms with van der Waals surface area (Å²) in [5.41, 5.74) is 0.974. The van der Waals surface area contributed by atoms with Crippen LogP contribution in [0.1, 0.15) is 19.4 Å². The van der Waals surface area contributed by atoms with Gasteiger partial charge in [-0.05, 0) is 19.9 Å². The van der Waals surface area contributed by atoms with Crippen LogP contribution < -0.4 is 9.47 Å². The SMILES string of the molecule is C/C=C/C=C\C(=O)N(CC)Cc1cccc2c1OCCO2. The lowest BCUT2D eigenvalue weighted by atomic mass is 10.1. The van der Waals surface area contributed by atoms with Gasteiger partial charge in [0.2, 0.25) is 5.91 Å². The molecule has 4 heteroatoms. The Morgan fingerprint density at radius 3 is 2.86 bits per heavy atom. The number of fused-ring (bicyclic) bond motifs is 1. The van der Waals surface area contributed by atoms with E-state index in [1.54, 1.807) is 17.1 Å². The molecule has 0 N–H and O–H groups in total. The van der Waals surface area contributed by atoms with E-state index in [2.05, 4.69) is 0 Å². The highest BCUT2D eigenvalue weighted by atomic mass is 16.6. The summed E-state index contributed by atoms with van der Waals surface area (Å²) in [6, 6.07) is 5.79. The third-order valence-electron chi connectivity index (χ3n) is 3.24. The summed E-state index contributed by atoms with van der Waals surface area (Å²) in [5, 5.41) is 0. The minimum Gasteiger partial charge on any atom is -0.486 e. The van der Waals surface area contributed by atoms with Crippen molar-refractivity contribution >= 4 is 5.91 Å². The average molecular weight is 287 g/mol. The zero-order chi connectivity index (χ0) is 15.1. The monoisotopic (exact) mass is 287 g/mol. The first-order valence-electron chi connectivity index (χ1n) is 7.22. The van der Waals surface area contributed by atoms with E-state index in [-0.39, 0.29) is 5.91 Å². The molecule has 1 heterocycles. The van der Waals surface area contributed by atoms with Crippen molar-refractivity contribution in [2.75, 3.05) is 19.8 Å². The Kier molecular flexibility index (Phi) is 5.43. The fourth-order valence-electron chi connectivity index (χ4n) is 2.16. The maximum atomic E-state index is 12.2. The molecule has 0 saturated heterocycles. The molecular formula is C17H21NO3. The topological polar surface area (TPSA) is 38.8 Å². The molecule has 1 aliphatic rings. The predicted octanol–water partition coefficient (Wildman–Crippen LogP) is 2.94. The van der Waals surface area contributed by atoms with Crippen molar-refractivity contribution in [3.63, 3.8) is 0 Å². The Morgan fingerprint density at radius 2 is 2.10 bits per heavy atom. The molecule has 21 heavy (non-hydrogen) atoms. The lowest BCUT2D eigenvalue weighted by molar-refractivity contribution is -0.126. The first kappa shape index (κ1) is 15.2. The first-order valence-corrected chi connectivity index (χ1v) is 7.22. The van der Waals surface area contributed by atoms with E-state index >= 15 is 0 Å². The smallest absolute Gasteiger partial charge is 0.246 e. The number of nitrogens with zero attached hydrogens (tertiary/aromatic N) is 1. The van der Waals surface area contributed by atoms with E-state index in [1.807, 2.05) is 44.2 Å². The molecule has 0 atom stereocenters. The molecule has 1 aromatic carbocycles. The summed E-state index contributed by atoms with van der Waals surface area (Å²) in [4.78, 5) is 13.9. The highest BCUT2D eigenvalue weighted by Crippen LogP contribution is 2.34. The Bertz CT molecular complexity index is 549. The van der Waals surface area contributed by atoms with Gasteiger partial charge < -0.3 is 14.4 Å². The minimum atomic E-state index is -0.00932. The number of allylic oxidation sites excluding steroid dienone is 3. The molecule has 0 spiro atoms. The van der Waals surface area contributed by atoms with Gasteiger partial charge in [-0.25, -0.2) is 0 Å². The van der Waals surface area contributed by atoms with E-state index < -0.39 is 0 Å². The molecule has 1 aliphatic heterocycles. The largest absolute Gasteiger partial charge is 0.486 e. The molecule has 0 fully saturated rings. The molecule has 112 valence electrons. The van der Waals surface area contributed by atoms with E-state index in [9.17, 15) is 4.79 Å². The number of ether oxygens (including phenoxy) is 2. The summed E-state index contributed by atoms with van der Waals surface area (Å²) in [6.45, 7) is 6.16. The second-order valence-corrected chi connectivity index (χ2v) is 4.68. The summed E-state index contributed by atoms with van der Waals surface area (Å²) in [7, 11) is 0. The van der Waals surface area contributed by atoms with Crippen LogP contribution in [0.25, 0.3) is 0 Å². The average Bonchev–Trinajstić information content (AvgIpc) is 2.52. The van der Waals surface area contributed by atoms with Gasteiger partial charge in [-0.1, -0.05) is 30.4 Å². The second kappa shape index (κ2) is 7.53. The van der Waals surface area contributed by atoms with Crippen LogP contribution in [-0.4, -0.2) is 30.6 Å². The Hall–Kier alpha value is -2.23. The van der Waals surface area contributed by atoms with Crippen molar-refractivity contribution in [2.45, 2.75) is 20.4 Å². The number of hydrogen-bond acceptors (Lipinski definition) is 3. The van der Waals surface area contributed by atoms with Gasteiger partial charge in [0.05, 0.1) is 0 Å². The molecule has 1 amide bonds. The number of carbonyl (C=O) groups excluding carboxylic acids is 1. The fourth-order valence-corrected chi connectivity index (χ4v) is 2.16. The molecular weight excluding hydrogens is 266 g/mol. The van der Waals surface area contributed by atoms with Gasteiger partial charge >= 0.3 is 0 Å². The van der Waals surface area contributed by atoms with E-state index in [0.29, 0.717) is 26.3 Å². The second-order valence-electron chi connectivity index (χ2n) is 4.68. The van der Waals surface area contributed by atoms with Gasteiger partial charge in [0, 0.05) is 24.7 Å². The predicted molar refractivity (Wildman–Crippen MR) is 82.5 cm³/mol. The van der Waals surface area contributed by atoms with Gasteiger partial charge in [0.25, 0.3) is 0 Å². The molecule has 2 rings (SSSR count). The molecule has 0 unspecified atom stereocenters. The summed E-state index contributed by atoms with van der Waals surface area (Å²) in [6.07, 6.45) is 7.06. The number of benzene rings is 1. The standard InChI is InChI=1S/C17H21NO3/c1-3-5-6-10-16(19)18(4-2)13-14-8-7-9-15-17(14)21-12-11-20-15/h3,5-10H,4,11-13H2,1-2H3/b5-3+,10-6-. The van der Waals surface area contributed by atoms with Crippen molar-refractivity contribution < 1.29 is 14.3 Å². The number of para-hydroxylation sites is 1. The van der Waals surface area contributed by atoms with Gasteiger partial charge in [0.1, 0.15) is 13.2 Å². The van der Waals surface area contributed by atoms with E-state index in [0.717, 1.165) is 17.1 Å². The van der Waals surface area contributed by atoms with Crippen LogP contribution in [0.4, 0.5) is 0 Å². The van der Waals surface area contributed by atoms with Crippen molar-refractivity contribution in [3.05, 3.63) is 48.1 Å². The Labute approximate surface area is 125 Å². The van der Waals surface area contributed by atoms with Crippen LogP contribution in [0.5, 0.6) is 11.5 Å². The third kappa shape index (κ3) is 3.88. The zero-order valence-electron chi connectivity index (χ0n) is 12.5. The molecule has 1 aromatic rings. The Morgan fingerprint density at radius 1 is 1.29 bits per heavy atom. The maximum absolute atomic E-state index is 12.2.